The van der Waals surface area contributed by atoms with E-state index in [2.05, 4.69) is 4.99 Å². The molecular weight excluding hydrogens is 396 g/mol. The Kier molecular flexibility index (Phi) is 6.01. The third kappa shape index (κ3) is 4.18. The van der Waals surface area contributed by atoms with Crippen LogP contribution in [0.15, 0.2) is 40.2 Å². The van der Waals surface area contributed by atoms with Crippen molar-refractivity contribution in [1.29, 1.82) is 0 Å². The van der Waals surface area contributed by atoms with Gasteiger partial charge in [0.05, 0.1) is 22.2 Å². The van der Waals surface area contributed by atoms with Gasteiger partial charge < -0.3 is 9.84 Å². The zero-order chi connectivity index (χ0) is 20.4. The van der Waals surface area contributed by atoms with Gasteiger partial charge in [0.15, 0.2) is 16.7 Å². The van der Waals surface area contributed by atoms with Crippen LogP contribution in [-0.2, 0) is 4.79 Å². The number of hydrogen-bond donors (Lipinski definition) is 1. The third-order valence-corrected chi connectivity index (χ3v) is 5.72. The molecule has 3 rings (SSSR count). The Morgan fingerprint density at radius 1 is 1.25 bits per heavy atom. The van der Waals surface area contributed by atoms with Crippen LogP contribution < -0.4 is 4.74 Å². The number of phenols is 1. The molecule has 1 aliphatic heterocycles. The molecule has 1 saturated heterocycles. The molecule has 0 bridgehead atoms. The maximum Gasteiger partial charge on any atom is 0.266 e. The van der Waals surface area contributed by atoms with Gasteiger partial charge in [-0.25, -0.2) is 4.99 Å². The molecule has 146 valence electrons. The summed E-state index contributed by atoms with van der Waals surface area (Å²) in [5.74, 6) is 0.0367. The fourth-order valence-electron chi connectivity index (χ4n) is 2.65. The minimum atomic E-state index is -0.144. The number of aliphatic imine (C=N–C) groups is 1. The maximum atomic E-state index is 12.6. The highest BCUT2D eigenvalue weighted by Crippen LogP contribution is 2.38. The van der Waals surface area contributed by atoms with Crippen LogP contribution in [0.1, 0.15) is 23.6 Å². The Bertz CT molecular complexity index is 1000. The van der Waals surface area contributed by atoms with E-state index in [0.717, 1.165) is 11.3 Å². The maximum absolute atomic E-state index is 12.6. The average Bonchev–Trinajstić information content (AvgIpc) is 2.90. The molecule has 0 spiro atoms. The van der Waals surface area contributed by atoms with Gasteiger partial charge in [0.2, 0.25) is 0 Å². The van der Waals surface area contributed by atoms with Crippen molar-refractivity contribution < 1.29 is 14.6 Å². The van der Waals surface area contributed by atoms with E-state index in [9.17, 15) is 9.90 Å². The van der Waals surface area contributed by atoms with Gasteiger partial charge in [-0.15, -0.1) is 0 Å². The number of halogens is 1. The summed E-state index contributed by atoms with van der Waals surface area (Å²) in [6.45, 7) is 6.30. The second kappa shape index (κ2) is 8.29. The number of carbonyl (C=O) groups excluding carboxylic acids is 1. The first-order chi connectivity index (χ1) is 13.3. The number of aromatic hydroxyl groups is 1. The van der Waals surface area contributed by atoms with E-state index in [1.54, 1.807) is 25.3 Å². The van der Waals surface area contributed by atoms with Crippen molar-refractivity contribution >= 4 is 46.2 Å². The van der Waals surface area contributed by atoms with E-state index >= 15 is 0 Å². The summed E-state index contributed by atoms with van der Waals surface area (Å²) < 4.78 is 5.40. The third-order valence-electron chi connectivity index (χ3n) is 4.37. The van der Waals surface area contributed by atoms with Crippen molar-refractivity contribution in [3.05, 3.63) is 56.9 Å². The molecule has 1 fully saturated rings. The number of rotatable bonds is 4. The van der Waals surface area contributed by atoms with Crippen molar-refractivity contribution in [3.63, 3.8) is 0 Å². The molecule has 28 heavy (non-hydrogen) atoms. The first-order valence-corrected chi connectivity index (χ1v) is 9.98. The van der Waals surface area contributed by atoms with Crippen molar-refractivity contribution in [2.75, 3.05) is 13.7 Å². The first-order valence-electron chi connectivity index (χ1n) is 8.79. The first kappa shape index (κ1) is 20.3. The monoisotopic (exact) mass is 416 g/mol. The molecule has 2 aromatic carbocycles. The zero-order valence-corrected chi connectivity index (χ0v) is 17.7. The zero-order valence-electron chi connectivity index (χ0n) is 16.1. The Hall–Kier alpha value is -2.44. The van der Waals surface area contributed by atoms with Crippen molar-refractivity contribution in [2.45, 2.75) is 20.8 Å². The van der Waals surface area contributed by atoms with Gasteiger partial charge in [-0.2, -0.15) is 0 Å². The summed E-state index contributed by atoms with van der Waals surface area (Å²) in [7, 11) is 1.70. The average molecular weight is 417 g/mol. The molecule has 0 aromatic heterocycles. The lowest BCUT2D eigenvalue weighted by atomic mass is 10.1. The number of nitrogens with zero attached hydrogens (tertiary/aromatic N) is 2. The molecule has 1 N–H and O–H groups in total. The molecule has 0 saturated carbocycles. The predicted molar refractivity (Wildman–Crippen MR) is 116 cm³/mol. The number of likely N-dealkylation sites (N-methyl/N-ethyl adjacent to an activating group) is 1. The van der Waals surface area contributed by atoms with Crippen LogP contribution in [0.25, 0.3) is 6.08 Å². The van der Waals surface area contributed by atoms with Gasteiger partial charge in [-0.1, -0.05) is 17.7 Å². The molecule has 0 radical (unpaired) electrons. The van der Waals surface area contributed by atoms with Crippen molar-refractivity contribution in [3.8, 4) is 11.5 Å². The fraction of sp³-hybridized carbons (Fsp3) is 0.238. The minimum Gasteiger partial charge on any atom is -0.503 e. The molecular formula is C21H21ClN2O3S. The highest BCUT2D eigenvalue weighted by atomic mass is 35.5. The van der Waals surface area contributed by atoms with Crippen LogP contribution in [0.5, 0.6) is 11.5 Å². The molecule has 2 aromatic rings. The predicted octanol–water partition coefficient (Wildman–Crippen LogP) is 5.29. The Morgan fingerprint density at radius 3 is 2.68 bits per heavy atom. The Labute approximate surface area is 173 Å². The summed E-state index contributed by atoms with van der Waals surface area (Å²) in [5.41, 5.74) is 3.82. The van der Waals surface area contributed by atoms with E-state index in [1.165, 1.54) is 22.2 Å². The molecule has 5 nitrogen and oxygen atoms in total. The molecule has 0 atom stereocenters. The number of carbonyl (C=O) groups is 1. The second-order valence-electron chi connectivity index (χ2n) is 6.42. The van der Waals surface area contributed by atoms with Crippen molar-refractivity contribution in [2.24, 2.45) is 4.99 Å². The number of hydrogen-bond acceptors (Lipinski definition) is 5. The lowest BCUT2D eigenvalue weighted by molar-refractivity contribution is -0.121. The number of thioether (sulfide) groups is 1. The number of amides is 1. The standard InChI is InChI=1S/C21H21ClN2O3S/c1-5-27-17-10-14(9-16(22)19(17)25)11-18-20(26)24(4)21(28-18)23-15-7-6-12(2)13(3)8-15/h6-11,25H,5H2,1-4H3/b18-11+,23-21?. The van der Waals surface area contributed by atoms with Gasteiger partial charge in [0.1, 0.15) is 0 Å². The van der Waals surface area contributed by atoms with Gasteiger partial charge in [-0.3, -0.25) is 9.69 Å². The van der Waals surface area contributed by atoms with E-state index in [-0.39, 0.29) is 22.4 Å². The summed E-state index contributed by atoms with van der Waals surface area (Å²) in [6, 6.07) is 9.20. The lowest BCUT2D eigenvalue weighted by Gasteiger charge is -2.09. The summed E-state index contributed by atoms with van der Waals surface area (Å²) >= 11 is 7.38. The Morgan fingerprint density at radius 2 is 2.00 bits per heavy atom. The van der Waals surface area contributed by atoms with Crippen LogP contribution in [0, 0.1) is 13.8 Å². The summed E-state index contributed by atoms with van der Waals surface area (Å²) in [6.07, 6.45) is 1.72. The summed E-state index contributed by atoms with van der Waals surface area (Å²) in [4.78, 5) is 19.3. The molecule has 7 heteroatoms. The molecule has 1 amide bonds. The van der Waals surface area contributed by atoms with Crippen LogP contribution >= 0.6 is 23.4 Å². The number of amidine groups is 1. The van der Waals surface area contributed by atoms with Gasteiger partial charge in [0, 0.05) is 7.05 Å². The minimum absolute atomic E-state index is 0.106. The molecule has 1 aliphatic rings. The normalized spacial score (nSPS) is 17.0. The highest BCUT2D eigenvalue weighted by Gasteiger charge is 2.30. The molecule has 0 unspecified atom stereocenters. The number of benzene rings is 2. The quantitative estimate of drug-likeness (QED) is 0.687. The smallest absolute Gasteiger partial charge is 0.266 e. The van der Waals surface area contributed by atoms with Gasteiger partial charge in [0.25, 0.3) is 5.91 Å². The fourth-order valence-corrected chi connectivity index (χ4v) is 3.86. The van der Waals surface area contributed by atoms with Gasteiger partial charge >= 0.3 is 0 Å². The largest absolute Gasteiger partial charge is 0.503 e. The van der Waals surface area contributed by atoms with E-state index in [0.29, 0.717) is 22.2 Å². The van der Waals surface area contributed by atoms with E-state index in [1.807, 2.05) is 39.0 Å². The number of ether oxygens (including phenoxy) is 1. The highest BCUT2D eigenvalue weighted by molar-refractivity contribution is 8.18. The molecule has 1 heterocycles. The van der Waals surface area contributed by atoms with Crippen LogP contribution in [0.2, 0.25) is 5.02 Å². The number of aryl methyl sites for hydroxylation is 2. The van der Waals surface area contributed by atoms with Crippen LogP contribution in [0.3, 0.4) is 0 Å². The number of phenolic OH excluding ortho intramolecular Hbond substituents is 1. The Balaban J connectivity index is 1.93. The summed E-state index contributed by atoms with van der Waals surface area (Å²) in [5, 5.41) is 10.8. The van der Waals surface area contributed by atoms with E-state index in [4.69, 9.17) is 16.3 Å². The SMILES string of the molecule is CCOc1cc(/C=C2/SC(=Nc3ccc(C)c(C)c3)N(C)C2=O)cc(Cl)c1O. The van der Waals surface area contributed by atoms with Gasteiger partial charge in [-0.05, 0) is 79.6 Å². The van der Waals surface area contributed by atoms with E-state index < -0.39 is 0 Å². The van der Waals surface area contributed by atoms with Crippen LogP contribution in [0.4, 0.5) is 5.69 Å². The topological polar surface area (TPSA) is 62.1 Å². The van der Waals surface area contributed by atoms with Crippen molar-refractivity contribution in [1.82, 2.24) is 4.90 Å². The lowest BCUT2D eigenvalue weighted by Crippen LogP contribution is -2.23. The van der Waals surface area contributed by atoms with Crippen LogP contribution in [-0.4, -0.2) is 34.7 Å². The second-order valence-corrected chi connectivity index (χ2v) is 7.84. The molecule has 0 aliphatic carbocycles.